The van der Waals surface area contributed by atoms with Gasteiger partial charge in [-0.2, -0.15) is 0 Å². The van der Waals surface area contributed by atoms with Crippen molar-refractivity contribution in [3.05, 3.63) is 95.1 Å². The third kappa shape index (κ3) is 3.04. The van der Waals surface area contributed by atoms with E-state index in [2.05, 4.69) is 10.3 Å². The molecule has 1 unspecified atom stereocenters. The van der Waals surface area contributed by atoms with Crippen LogP contribution in [-0.4, -0.2) is 16.7 Å². The van der Waals surface area contributed by atoms with Gasteiger partial charge < -0.3 is 5.32 Å². The van der Waals surface area contributed by atoms with E-state index in [0.29, 0.717) is 22.6 Å². The van der Waals surface area contributed by atoms with Gasteiger partial charge in [-0.05, 0) is 67.2 Å². The lowest BCUT2D eigenvalue weighted by atomic mass is 9.80. The summed E-state index contributed by atoms with van der Waals surface area (Å²) in [5.41, 5.74) is 3.12. The van der Waals surface area contributed by atoms with Crippen LogP contribution in [0.1, 0.15) is 23.1 Å². The molecule has 5 rings (SSSR count). The van der Waals surface area contributed by atoms with Crippen molar-refractivity contribution in [3.63, 3.8) is 0 Å². The van der Waals surface area contributed by atoms with E-state index < -0.39 is 5.54 Å². The molecular formula is C24H17F2N3OS. The van der Waals surface area contributed by atoms with Crippen LogP contribution in [-0.2, 0) is 10.3 Å². The van der Waals surface area contributed by atoms with Crippen LogP contribution in [0.2, 0.25) is 0 Å². The summed E-state index contributed by atoms with van der Waals surface area (Å²) in [7, 11) is 0. The van der Waals surface area contributed by atoms with Gasteiger partial charge in [0.2, 0.25) is 5.11 Å². The Hall–Kier alpha value is -3.45. The number of benzene rings is 3. The lowest BCUT2D eigenvalue weighted by Gasteiger charge is -2.43. The fourth-order valence-corrected chi connectivity index (χ4v) is 4.65. The molecule has 3 aromatic carbocycles. The molecule has 3 aromatic rings. The van der Waals surface area contributed by atoms with Gasteiger partial charge in [-0.25, -0.2) is 13.8 Å². The molecule has 2 heterocycles. The lowest BCUT2D eigenvalue weighted by Crippen LogP contribution is -2.57. The number of carbonyl (C=O) groups is 1. The molecule has 2 aliphatic heterocycles. The highest BCUT2D eigenvalue weighted by Gasteiger charge is 2.55. The van der Waals surface area contributed by atoms with E-state index in [0.717, 1.165) is 11.1 Å². The summed E-state index contributed by atoms with van der Waals surface area (Å²) in [6.45, 7) is 1.95. The number of fused-ring (bicyclic) bond motifs is 2. The number of halogens is 2. The fourth-order valence-electron chi connectivity index (χ4n) is 4.27. The number of aryl methyl sites for hydroxylation is 1. The Morgan fingerprint density at radius 3 is 2.32 bits per heavy atom. The first kappa shape index (κ1) is 19.5. The Morgan fingerprint density at radius 2 is 1.65 bits per heavy atom. The van der Waals surface area contributed by atoms with Gasteiger partial charge in [0.1, 0.15) is 11.6 Å². The highest BCUT2D eigenvalue weighted by atomic mass is 32.1. The smallest absolute Gasteiger partial charge is 0.255 e. The van der Waals surface area contributed by atoms with Gasteiger partial charge in [0, 0.05) is 23.4 Å². The molecule has 1 amide bonds. The van der Waals surface area contributed by atoms with Gasteiger partial charge in [0.05, 0.1) is 5.71 Å². The molecule has 0 saturated carbocycles. The number of amides is 1. The van der Waals surface area contributed by atoms with Gasteiger partial charge in [-0.3, -0.25) is 9.69 Å². The maximum Gasteiger partial charge on any atom is 0.255 e. The number of carbonyl (C=O) groups excluding carboxylic acids is 1. The van der Waals surface area contributed by atoms with Crippen molar-refractivity contribution in [1.82, 2.24) is 0 Å². The molecule has 0 fully saturated rings. The van der Waals surface area contributed by atoms with Crippen molar-refractivity contribution in [3.8, 4) is 0 Å². The predicted molar refractivity (Wildman–Crippen MR) is 121 cm³/mol. The van der Waals surface area contributed by atoms with Crippen molar-refractivity contribution < 1.29 is 13.6 Å². The molecule has 0 aliphatic carbocycles. The van der Waals surface area contributed by atoms with Gasteiger partial charge in [0.25, 0.3) is 5.91 Å². The molecule has 1 N–H and O–H groups in total. The molecule has 7 heteroatoms. The second-order valence-electron chi connectivity index (χ2n) is 7.70. The molecule has 154 valence electrons. The minimum Gasteiger partial charge on any atom is -0.323 e. The van der Waals surface area contributed by atoms with Gasteiger partial charge in [0.15, 0.2) is 5.54 Å². The number of nitrogens with one attached hydrogen (secondary N) is 1. The monoisotopic (exact) mass is 433 g/mol. The minimum absolute atomic E-state index is 0.182. The van der Waals surface area contributed by atoms with E-state index >= 15 is 0 Å². The molecule has 0 radical (unpaired) electrons. The summed E-state index contributed by atoms with van der Waals surface area (Å²) in [4.78, 5) is 19.8. The number of nitrogens with zero attached hydrogens (tertiary/aromatic N) is 2. The zero-order valence-electron chi connectivity index (χ0n) is 16.5. The number of thiocarbonyl (C=S) groups is 1. The van der Waals surface area contributed by atoms with Crippen molar-refractivity contribution >= 4 is 40.3 Å². The average molecular weight is 433 g/mol. The molecule has 0 aromatic heterocycles. The van der Waals surface area contributed by atoms with Crippen molar-refractivity contribution in [2.45, 2.75) is 18.9 Å². The van der Waals surface area contributed by atoms with Gasteiger partial charge in [-0.15, -0.1) is 0 Å². The Morgan fingerprint density at radius 1 is 1.00 bits per heavy atom. The van der Waals surface area contributed by atoms with E-state index in [-0.39, 0.29) is 29.1 Å². The standard InChI is InChI=1S/C24H17F2N3OS/c1-14-2-11-20-19(12-14)24(22(30)27-20)13-21(15-3-5-16(25)6-4-15)28-23(31)29(24)18-9-7-17(26)8-10-18/h2-12H,13H2,1H3,(H,27,30). The highest BCUT2D eigenvalue weighted by Crippen LogP contribution is 2.48. The normalized spacial score (nSPS) is 20.0. The Bertz CT molecular complexity index is 1250. The van der Waals surface area contributed by atoms with E-state index in [1.54, 1.807) is 29.2 Å². The predicted octanol–water partition coefficient (Wildman–Crippen LogP) is 5.11. The highest BCUT2D eigenvalue weighted by molar-refractivity contribution is 7.80. The second-order valence-corrected chi connectivity index (χ2v) is 8.07. The third-order valence-electron chi connectivity index (χ3n) is 5.73. The molecule has 1 atom stereocenters. The Balaban J connectivity index is 1.75. The molecule has 2 aliphatic rings. The summed E-state index contributed by atoms with van der Waals surface area (Å²) < 4.78 is 27.1. The SMILES string of the molecule is Cc1ccc2c(c1)C1(CC(c3ccc(F)cc3)=NC(=S)N1c1ccc(F)cc1)C(=O)N2. The maximum absolute atomic E-state index is 13.6. The van der Waals surface area contributed by atoms with Crippen LogP contribution in [0, 0.1) is 18.6 Å². The fraction of sp³-hybridized carbons (Fsp3) is 0.125. The first-order valence-corrected chi connectivity index (χ1v) is 10.2. The van der Waals surface area contributed by atoms with Crippen LogP contribution >= 0.6 is 12.2 Å². The molecule has 0 saturated heterocycles. The van der Waals surface area contributed by atoms with E-state index in [9.17, 15) is 13.6 Å². The number of rotatable bonds is 2. The van der Waals surface area contributed by atoms with Crippen LogP contribution in [0.4, 0.5) is 20.2 Å². The second kappa shape index (κ2) is 7.06. The van der Waals surface area contributed by atoms with Crippen molar-refractivity contribution in [2.75, 3.05) is 10.2 Å². The first-order chi connectivity index (χ1) is 14.9. The average Bonchev–Trinajstić information content (AvgIpc) is 3.00. The minimum atomic E-state index is -1.19. The van der Waals surface area contributed by atoms with Crippen molar-refractivity contribution in [1.29, 1.82) is 0 Å². The first-order valence-electron chi connectivity index (χ1n) is 9.74. The summed E-state index contributed by atoms with van der Waals surface area (Å²) in [6.07, 6.45) is 0.221. The maximum atomic E-state index is 13.6. The molecule has 0 bridgehead atoms. The molecule has 1 spiro atoms. The van der Waals surface area contributed by atoms with Gasteiger partial charge in [-0.1, -0.05) is 29.8 Å². The van der Waals surface area contributed by atoms with Crippen molar-refractivity contribution in [2.24, 2.45) is 4.99 Å². The zero-order valence-corrected chi connectivity index (χ0v) is 17.3. The lowest BCUT2D eigenvalue weighted by molar-refractivity contribution is -0.120. The van der Waals surface area contributed by atoms with Crippen LogP contribution in [0.25, 0.3) is 0 Å². The van der Waals surface area contributed by atoms with E-state index in [1.807, 2.05) is 25.1 Å². The largest absolute Gasteiger partial charge is 0.323 e. The summed E-state index contributed by atoms with van der Waals surface area (Å²) in [6, 6.07) is 17.5. The topological polar surface area (TPSA) is 44.7 Å². The number of hydrogen-bond acceptors (Lipinski definition) is 2. The number of hydrogen-bond donors (Lipinski definition) is 1. The van der Waals surface area contributed by atoms with Crippen LogP contribution in [0.3, 0.4) is 0 Å². The molecular weight excluding hydrogens is 416 g/mol. The zero-order chi connectivity index (χ0) is 21.8. The van der Waals surface area contributed by atoms with E-state index in [4.69, 9.17) is 12.2 Å². The quantitative estimate of drug-likeness (QED) is 0.572. The summed E-state index contributed by atoms with van der Waals surface area (Å²) in [5.74, 6) is -0.984. The Kier molecular flexibility index (Phi) is 4.44. The van der Waals surface area contributed by atoms with E-state index in [1.165, 1.54) is 24.3 Å². The van der Waals surface area contributed by atoms with Crippen LogP contribution < -0.4 is 10.2 Å². The molecule has 31 heavy (non-hydrogen) atoms. The number of aliphatic imine (C=N–C) groups is 1. The van der Waals surface area contributed by atoms with Crippen LogP contribution in [0.5, 0.6) is 0 Å². The number of anilines is 2. The third-order valence-corrected chi connectivity index (χ3v) is 6.01. The summed E-state index contributed by atoms with van der Waals surface area (Å²) in [5, 5.41) is 3.15. The Labute approximate surface area is 183 Å². The van der Waals surface area contributed by atoms with Gasteiger partial charge >= 0.3 is 0 Å². The summed E-state index contributed by atoms with van der Waals surface area (Å²) >= 11 is 5.66. The van der Waals surface area contributed by atoms with Crippen LogP contribution in [0.15, 0.2) is 71.7 Å². The molecule has 4 nitrogen and oxygen atoms in total.